The maximum Gasteiger partial charge on any atom is 0.364 e. The molecule has 0 saturated heterocycles. The fourth-order valence-corrected chi connectivity index (χ4v) is 0.619. The number of aryl methyl sites for hydroxylation is 1. The highest BCUT2D eigenvalue weighted by molar-refractivity contribution is 5.89. The fraction of sp³-hybridized carbons (Fsp3) is 0.167. The Morgan fingerprint density at radius 2 is 2.50 bits per heavy atom. The Balaban J connectivity index is 2.87. The van der Waals surface area contributed by atoms with E-state index >= 15 is 0 Å². The molecular formula is C6H6FN3O2. The highest BCUT2D eigenvalue weighted by atomic mass is 19.1. The van der Waals surface area contributed by atoms with Crippen molar-refractivity contribution in [2.24, 2.45) is 7.05 Å². The number of aromatic nitrogens is 3. The second kappa shape index (κ2) is 3.12. The van der Waals surface area contributed by atoms with Crippen LogP contribution in [0, 0.1) is 0 Å². The molecule has 0 unspecified atom stereocenters. The van der Waals surface area contributed by atoms with E-state index in [1.807, 2.05) is 0 Å². The molecule has 0 aliphatic rings. The summed E-state index contributed by atoms with van der Waals surface area (Å²) in [5, 5.41) is 15.4. The first kappa shape index (κ1) is 8.38. The van der Waals surface area contributed by atoms with Crippen LogP contribution in [0.2, 0.25) is 0 Å². The molecule has 0 saturated carbocycles. The average molecular weight is 171 g/mol. The predicted octanol–water partition coefficient (Wildman–Crippen LogP) is 0.210. The molecule has 1 aromatic rings. The largest absolute Gasteiger partial charge is 0.476 e. The van der Waals surface area contributed by atoms with Crippen molar-refractivity contribution in [2.45, 2.75) is 0 Å². The molecule has 0 aliphatic carbocycles. The molecular weight excluding hydrogens is 165 g/mol. The van der Waals surface area contributed by atoms with Gasteiger partial charge in [-0.1, -0.05) is 0 Å². The number of hydrogen-bond donors (Lipinski definition) is 1. The third-order valence-electron chi connectivity index (χ3n) is 1.10. The van der Waals surface area contributed by atoms with Gasteiger partial charge in [-0.3, -0.25) is 0 Å². The van der Waals surface area contributed by atoms with Gasteiger partial charge < -0.3 is 5.11 Å². The number of hydrogen-bond acceptors (Lipinski definition) is 3. The van der Waals surface area contributed by atoms with Crippen LogP contribution in [0.5, 0.6) is 0 Å². The first-order valence-electron chi connectivity index (χ1n) is 3.06. The SMILES string of the molecule is Cn1ncc(/C=C(\F)C(=O)O)n1. The molecule has 5 nitrogen and oxygen atoms in total. The van der Waals surface area contributed by atoms with Crippen molar-refractivity contribution in [2.75, 3.05) is 0 Å². The van der Waals surface area contributed by atoms with Crippen molar-refractivity contribution in [3.8, 4) is 0 Å². The topological polar surface area (TPSA) is 68.0 Å². The second-order valence-corrected chi connectivity index (χ2v) is 2.06. The Kier molecular flexibility index (Phi) is 2.18. The van der Waals surface area contributed by atoms with Gasteiger partial charge in [0.15, 0.2) is 0 Å². The number of carboxylic acids is 1. The lowest BCUT2D eigenvalue weighted by Crippen LogP contribution is -1.95. The van der Waals surface area contributed by atoms with Crippen LogP contribution < -0.4 is 0 Å². The third-order valence-corrected chi connectivity index (χ3v) is 1.10. The molecule has 1 heterocycles. The van der Waals surface area contributed by atoms with E-state index < -0.39 is 11.8 Å². The molecule has 0 radical (unpaired) electrons. The van der Waals surface area contributed by atoms with E-state index in [-0.39, 0.29) is 5.69 Å². The van der Waals surface area contributed by atoms with Gasteiger partial charge >= 0.3 is 5.97 Å². The van der Waals surface area contributed by atoms with E-state index in [0.29, 0.717) is 0 Å². The molecule has 1 N–H and O–H groups in total. The zero-order valence-corrected chi connectivity index (χ0v) is 6.23. The Labute approximate surface area is 67.1 Å². The van der Waals surface area contributed by atoms with E-state index in [0.717, 1.165) is 6.08 Å². The van der Waals surface area contributed by atoms with Crippen LogP contribution in [0.3, 0.4) is 0 Å². The van der Waals surface area contributed by atoms with Gasteiger partial charge in [-0.2, -0.15) is 19.4 Å². The van der Waals surface area contributed by atoms with Crippen LogP contribution in [-0.2, 0) is 11.8 Å². The van der Waals surface area contributed by atoms with Gasteiger partial charge in [0.1, 0.15) is 5.69 Å². The van der Waals surface area contributed by atoms with E-state index in [1.165, 1.54) is 11.0 Å². The predicted molar refractivity (Wildman–Crippen MR) is 37.7 cm³/mol. The van der Waals surface area contributed by atoms with Crippen molar-refractivity contribution >= 4 is 12.0 Å². The number of carbonyl (C=O) groups is 1. The summed E-state index contributed by atoms with van der Waals surface area (Å²) in [6.45, 7) is 0. The lowest BCUT2D eigenvalue weighted by Gasteiger charge is -1.85. The zero-order valence-electron chi connectivity index (χ0n) is 6.23. The Morgan fingerprint density at radius 1 is 1.83 bits per heavy atom. The molecule has 0 bridgehead atoms. The van der Waals surface area contributed by atoms with Crippen molar-refractivity contribution in [1.82, 2.24) is 15.0 Å². The summed E-state index contributed by atoms with van der Waals surface area (Å²) in [5.41, 5.74) is 0.178. The van der Waals surface area contributed by atoms with Gasteiger partial charge in [-0.15, -0.1) is 0 Å². The van der Waals surface area contributed by atoms with Gasteiger partial charge in [-0.25, -0.2) is 4.79 Å². The lowest BCUT2D eigenvalue weighted by molar-refractivity contribution is -0.134. The Morgan fingerprint density at radius 3 is 2.92 bits per heavy atom. The van der Waals surface area contributed by atoms with Crippen LogP contribution in [-0.4, -0.2) is 26.1 Å². The molecule has 1 rings (SSSR count). The van der Waals surface area contributed by atoms with Gasteiger partial charge in [0.05, 0.1) is 6.20 Å². The zero-order chi connectivity index (χ0) is 9.14. The molecule has 0 atom stereocenters. The Hall–Kier alpha value is -1.72. The number of aliphatic carboxylic acids is 1. The van der Waals surface area contributed by atoms with Crippen LogP contribution in [0.25, 0.3) is 6.08 Å². The van der Waals surface area contributed by atoms with E-state index in [4.69, 9.17) is 5.11 Å². The minimum absolute atomic E-state index is 0.178. The van der Waals surface area contributed by atoms with Crippen molar-refractivity contribution in [3.05, 3.63) is 17.7 Å². The summed E-state index contributed by atoms with van der Waals surface area (Å²) in [5.74, 6) is -2.86. The summed E-state index contributed by atoms with van der Waals surface area (Å²) in [6.07, 6.45) is 2.07. The molecule has 0 amide bonds. The first-order chi connectivity index (χ1) is 5.59. The summed E-state index contributed by atoms with van der Waals surface area (Å²) >= 11 is 0. The van der Waals surface area contributed by atoms with Gasteiger partial charge in [0.25, 0.3) is 0 Å². The minimum Gasteiger partial charge on any atom is -0.476 e. The average Bonchev–Trinajstić information content (AvgIpc) is 2.35. The van der Waals surface area contributed by atoms with Crippen LogP contribution in [0.1, 0.15) is 5.69 Å². The van der Waals surface area contributed by atoms with Gasteiger partial charge in [0, 0.05) is 13.1 Å². The third kappa shape index (κ3) is 1.88. The van der Waals surface area contributed by atoms with E-state index in [1.54, 1.807) is 7.05 Å². The smallest absolute Gasteiger partial charge is 0.364 e. The highest BCUT2D eigenvalue weighted by Crippen LogP contribution is 2.03. The maximum atomic E-state index is 12.4. The lowest BCUT2D eigenvalue weighted by atomic mass is 10.4. The van der Waals surface area contributed by atoms with Gasteiger partial charge in [-0.05, 0) is 0 Å². The fourth-order valence-electron chi connectivity index (χ4n) is 0.619. The quantitative estimate of drug-likeness (QED) is 0.646. The number of nitrogens with zero attached hydrogens (tertiary/aromatic N) is 3. The van der Waals surface area contributed by atoms with E-state index in [2.05, 4.69) is 10.2 Å². The summed E-state index contributed by atoms with van der Waals surface area (Å²) in [4.78, 5) is 11.2. The minimum atomic E-state index is -1.61. The molecule has 0 aliphatic heterocycles. The van der Waals surface area contributed by atoms with E-state index in [9.17, 15) is 9.18 Å². The second-order valence-electron chi connectivity index (χ2n) is 2.06. The summed E-state index contributed by atoms with van der Waals surface area (Å²) < 4.78 is 12.4. The monoisotopic (exact) mass is 171 g/mol. The number of halogens is 1. The molecule has 6 heteroatoms. The maximum absolute atomic E-state index is 12.4. The normalized spacial score (nSPS) is 11.7. The van der Waals surface area contributed by atoms with Crippen LogP contribution in [0.15, 0.2) is 12.0 Å². The van der Waals surface area contributed by atoms with Crippen molar-refractivity contribution in [3.63, 3.8) is 0 Å². The Bertz CT molecular complexity index is 331. The number of rotatable bonds is 2. The standard InChI is InChI=1S/C6H6FN3O2/c1-10-8-3-4(9-10)2-5(7)6(11)12/h2-3H,1H3,(H,11,12)/b5-2-. The molecule has 1 aromatic heterocycles. The van der Waals surface area contributed by atoms with Crippen LogP contribution >= 0.6 is 0 Å². The van der Waals surface area contributed by atoms with Crippen LogP contribution in [0.4, 0.5) is 4.39 Å². The van der Waals surface area contributed by atoms with Crippen molar-refractivity contribution < 1.29 is 14.3 Å². The molecule has 12 heavy (non-hydrogen) atoms. The summed E-state index contributed by atoms with van der Waals surface area (Å²) in [7, 11) is 1.55. The molecule has 0 fully saturated rings. The molecule has 0 spiro atoms. The summed E-state index contributed by atoms with van der Waals surface area (Å²) in [6, 6.07) is 0. The number of carboxylic acid groups (broad SMARTS) is 1. The van der Waals surface area contributed by atoms with Crippen molar-refractivity contribution in [1.29, 1.82) is 0 Å². The highest BCUT2D eigenvalue weighted by Gasteiger charge is 2.05. The molecule has 0 aromatic carbocycles. The molecule has 64 valence electrons. The van der Waals surface area contributed by atoms with Gasteiger partial charge in [0.2, 0.25) is 5.83 Å². The first-order valence-corrected chi connectivity index (χ1v) is 3.06.